The van der Waals surface area contributed by atoms with E-state index in [1.807, 2.05) is 32.0 Å². The van der Waals surface area contributed by atoms with Gasteiger partial charge in [0.2, 0.25) is 0 Å². The number of nitrogens with zero attached hydrogens (tertiary/aromatic N) is 2. The molecule has 1 amide bonds. The molecular formula is C24H36N2O4Si. The lowest BCUT2D eigenvalue weighted by Crippen LogP contribution is -2.48. The number of aromatic nitrogens is 1. The van der Waals surface area contributed by atoms with Gasteiger partial charge in [0.1, 0.15) is 17.2 Å². The topological polar surface area (TPSA) is 60.9 Å². The monoisotopic (exact) mass is 444 g/mol. The standard InChI is InChI=1S/C24H36N2O4Si/c1-8-26(9-2)24(27)30-22-21(18-13-15-25-16-14-18)19(28-6)17-20(29-7)23(22)31(10-3,11-4)12-5/h13-17H,8-12H2,1-7H3. The zero-order valence-corrected chi connectivity index (χ0v) is 20.9. The molecule has 31 heavy (non-hydrogen) atoms. The molecule has 1 aromatic heterocycles. The Morgan fingerprint density at radius 2 is 1.48 bits per heavy atom. The molecule has 2 rings (SSSR count). The normalized spacial score (nSPS) is 11.2. The summed E-state index contributed by atoms with van der Waals surface area (Å²) >= 11 is 0. The number of carbonyl (C=O) groups is 1. The van der Waals surface area contributed by atoms with Crippen LogP contribution in [0.5, 0.6) is 17.2 Å². The molecule has 170 valence electrons. The largest absolute Gasteiger partial charge is 0.497 e. The van der Waals surface area contributed by atoms with Crippen LogP contribution in [0, 0.1) is 0 Å². The predicted molar refractivity (Wildman–Crippen MR) is 129 cm³/mol. The molecule has 6 nitrogen and oxygen atoms in total. The average molecular weight is 445 g/mol. The summed E-state index contributed by atoms with van der Waals surface area (Å²) < 4.78 is 17.8. The molecule has 0 unspecified atom stereocenters. The molecule has 2 aromatic rings. The molecule has 0 aliphatic heterocycles. The Bertz CT molecular complexity index is 857. The highest BCUT2D eigenvalue weighted by Gasteiger charge is 2.39. The SMILES string of the molecule is CCN(CC)C(=O)Oc1c(-c2ccncc2)c(OC)cc(OC)c1[Si](CC)(CC)CC. The van der Waals surface area contributed by atoms with Crippen molar-refractivity contribution >= 4 is 19.4 Å². The third-order valence-electron chi connectivity index (χ3n) is 6.39. The highest BCUT2D eigenvalue weighted by atomic mass is 28.3. The first-order valence-corrected chi connectivity index (χ1v) is 13.7. The maximum atomic E-state index is 13.1. The number of hydrogen-bond donors (Lipinski definition) is 0. The third-order valence-corrected chi connectivity index (χ3v) is 12.0. The number of benzene rings is 1. The minimum absolute atomic E-state index is 0.358. The lowest BCUT2D eigenvalue weighted by molar-refractivity contribution is 0.157. The summed E-state index contributed by atoms with van der Waals surface area (Å²) in [5, 5.41) is 1.05. The number of amides is 1. The Labute approximate surface area is 187 Å². The van der Waals surface area contributed by atoms with Crippen molar-refractivity contribution < 1.29 is 19.0 Å². The Kier molecular flexibility index (Phi) is 8.92. The number of ether oxygens (including phenoxy) is 3. The quantitative estimate of drug-likeness (QED) is 0.464. The van der Waals surface area contributed by atoms with Crippen LogP contribution >= 0.6 is 0 Å². The second-order valence-electron chi connectivity index (χ2n) is 7.48. The smallest absolute Gasteiger partial charge is 0.415 e. The second kappa shape index (κ2) is 11.2. The molecule has 0 bridgehead atoms. The van der Waals surface area contributed by atoms with E-state index in [4.69, 9.17) is 14.2 Å². The van der Waals surface area contributed by atoms with Crippen LogP contribution in [0.25, 0.3) is 11.1 Å². The predicted octanol–water partition coefficient (Wildman–Crippen LogP) is 5.32. The number of rotatable bonds is 10. The van der Waals surface area contributed by atoms with Crippen LogP contribution in [0.15, 0.2) is 30.6 Å². The van der Waals surface area contributed by atoms with Crippen molar-refractivity contribution in [3.05, 3.63) is 30.6 Å². The van der Waals surface area contributed by atoms with E-state index < -0.39 is 8.07 Å². The summed E-state index contributed by atoms with van der Waals surface area (Å²) in [5.41, 5.74) is 1.66. The van der Waals surface area contributed by atoms with Crippen molar-refractivity contribution in [2.45, 2.75) is 52.8 Å². The fourth-order valence-corrected chi connectivity index (χ4v) is 8.16. The number of hydrogen-bond acceptors (Lipinski definition) is 5. The molecule has 0 fully saturated rings. The number of methoxy groups -OCH3 is 2. The van der Waals surface area contributed by atoms with Crippen LogP contribution in [-0.4, -0.2) is 51.4 Å². The summed E-state index contributed by atoms with van der Waals surface area (Å²) in [6.45, 7) is 11.7. The Balaban J connectivity index is 2.95. The molecule has 1 heterocycles. The third kappa shape index (κ3) is 4.87. The van der Waals surface area contributed by atoms with Crippen LogP contribution in [0.4, 0.5) is 4.79 Å². The van der Waals surface area contributed by atoms with Crippen molar-refractivity contribution in [2.24, 2.45) is 0 Å². The van der Waals surface area contributed by atoms with Crippen molar-refractivity contribution in [1.29, 1.82) is 0 Å². The van der Waals surface area contributed by atoms with Gasteiger partial charge in [0.05, 0.1) is 27.9 Å². The average Bonchev–Trinajstić information content (AvgIpc) is 2.81. The van der Waals surface area contributed by atoms with Crippen LogP contribution in [0.2, 0.25) is 18.1 Å². The highest BCUT2D eigenvalue weighted by Crippen LogP contribution is 2.43. The maximum Gasteiger partial charge on any atom is 0.415 e. The minimum Gasteiger partial charge on any atom is -0.497 e. The number of carbonyl (C=O) groups excluding carboxylic acids is 1. The molecule has 0 atom stereocenters. The molecule has 0 aliphatic rings. The zero-order valence-electron chi connectivity index (χ0n) is 19.9. The van der Waals surface area contributed by atoms with E-state index in [9.17, 15) is 4.79 Å². The summed E-state index contributed by atoms with van der Waals surface area (Å²) in [6, 6.07) is 8.82. The van der Waals surface area contributed by atoms with Crippen LogP contribution in [0.1, 0.15) is 34.6 Å². The highest BCUT2D eigenvalue weighted by molar-refractivity contribution is 6.93. The molecular weight excluding hydrogens is 408 g/mol. The van der Waals surface area contributed by atoms with Crippen molar-refractivity contribution in [3.8, 4) is 28.4 Å². The van der Waals surface area contributed by atoms with E-state index in [-0.39, 0.29) is 6.09 Å². The van der Waals surface area contributed by atoms with Gasteiger partial charge in [0, 0.05) is 36.7 Å². The Morgan fingerprint density at radius 3 is 1.94 bits per heavy atom. The number of pyridine rings is 1. The zero-order chi connectivity index (χ0) is 23.0. The van der Waals surface area contributed by atoms with Gasteiger partial charge in [-0.1, -0.05) is 38.9 Å². The molecule has 7 heteroatoms. The van der Waals surface area contributed by atoms with Gasteiger partial charge in [0.15, 0.2) is 0 Å². The molecule has 0 radical (unpaired) electrons. The Hall–Kier alpha value is -2.54. The van der Waals surface area contributed by atoms with E-state index in [1.165, 1.54) is 0 Å². The molecule has 1 aromatic carbocycles. The summed E-state index contributed by atoms with van der Waals surface area (Å²) in [4.78, 5) is 19.0. The fraction of sp³-hybridized carbons (Fsp3) is 0.500. The summed E-state index contributed by atoms with van der Waals surface area (Å²) in [7, 11) is 1.27. The summed E-state index contributed by atoms with van der Waals surface area (Å²) in [5.74, 6) is 1.91. The lowest BCUT2D eigenvalue weighted by atomic mass is 10.0. The van der Waals surface area contributed by atoms with E-state index in [2.05, 4.69) is 25.8 Å². The van der Waals surface area contributed by atoms with Crippen molar-refractivity contribution in [1.82, 2.24) is 9.88 Å². The van der Waals surface area contributed by atoms with E-state index in [0.717, 1.165) is 40.2 Å². The van der Waals surface area contributed by atoms with Crippen molar-refractivity contribution in [2.75, 3.05) is 27.3 Å². The maximum absolute atomic E-state index is 13.1. The molecule has 0 N–H and O–H groups in total. The van der Waals surface area contributed by atoms with Gasteiger partial charge < -0.3 is 19.1 Å². The summed E-state index contributed by atoms with van der Waals surface area (Å²) in [6.07, 6.45) is 3.11. The first-order chi connectivity index (χ1) is 15.0. The fourth-order valence-electron chi connectivity index (χ4n) is 4.24. The minimum atomic E-state index is -2.02. The van der Waals surface area contributed by atoms with Crippen LogP contribution in [-0.2, 0) is 0 Å². The van der Waals surface area contributed by atoms with Gasteiger partial charge in [-0.3, -0.25) is 4.98 Å². The first-order valence-electron chi connectivity index (χ1n) is 11.1. The van der Waals surface area contributed by atoms with Gasteiger partial charge in [-0.15, -0.1) is 0 Å². The molecule has 0 aliphatic carbocycles. The van der Waals surface area contributed by atoms with E-state index >= 15 is 0 Å². The van der Waals surface area contributed by atoms with E-state index in [1.54, 1.807) is 31.5 Å². The van der Waals surface area contributed by atoms with Crippen LogP contribution < -0.4 is 19.4 Å². The molecule has 0 saturated heterocycles. The first kappa shape index (κ1) is 24.7. The second-order valence-corrected chi connectivity index (χ2v) is 12.7. The molecule has 0 saturated carbocycles. The van der Waals surface area contributed by atoms with Gasteiger partial charge in [0.25, 0.3) is 0 Å². The Morgan fingerprint density at radius 1 is 0.935 bits per heavy atom. The molecule has 0 spiro atoms. The van der Waals surface area contributed by atoms with E-state index in [0.29, 0.717) is 24.6 Å². The van der Waals surface area contributed by atoms with Gasteiger partial charge >= 0.3 is 6.09 Å². The van der Waals surface area contributed by atoms with Crippen LogP contribution in [0.3, 0.4) is 0 Å². The van der Waals surface area contributed by atoms with Gasteiger partial charge in [-0.05, 0) is 31.5 Å². The van der Waals surface area contributed by atoms with Gasteiger partial charge in [-0.25, -0.2) is 4.79 Å². The van der Waals surface area contributed by atoms with Gasteiger partial charge in [-0.2, -0.15) is 0 Å². The van der Waals surface area contributed by atoms with Crippen molar-refractivity contribution in [3.63, 3.8) is 0 Å². The lowest BCUT2D eigenvalue weighted by Gasteiger charge is -2.33.